The molecule has 1 aromatic rings. The van der Waals surface area contributed by atoms with E-state index in [2.05, 4.69) is 4.98 Å². The maximum absolute atomic E-state index is 12.9. The predicted molar refractivity (Wildman–Crippen MR) is 88.3 cm³/mol. The fourth-order valence-electron chi connectivity index (χ4n) is 3.33. The Labute approximate surface area is 142 Å². The van der Waals surface area contributed by atoms with Gasteiger partial charge in [-0.15, -0.1) is 0 Å². The number of likely N-dealkylation sites (tertiary alicyclic amines) is 1. The number of methoxy groups -OCH3 is 2. The van der Waals surface area contributed by atoms with E-state index in [1.165, 1.54) is 14.2 Å². The van der Waals surface area contributed by atoms with Crippen LogP contribution in [0.4, 0.5) is 0 Å². The number of carbonyl (C=O) groups is 1. The summed E-state index contributed by atoms with van der Waals surface area (Å²) < 4.78 is 10.3. The van der Waals surface area contributed by atoms with Crippen LogP contribution < -0.4 is 9.47 Å². The van der Waals surface area contributed by atoms with E-state index in [1.54, 1.807) is 17.0 Å². The van der Waals surface area contributed by atoms with Gasteiger partial charge in [-0.05, 0) is 18.9 Å². The number of ether oxygens (including phenoxy) is 2. The Kier molecular flexibility index (Phi) is 6.01. The minimum absolute atomic E-state index is 0.149. The first-order valence-electron chi connectivity index (χ1n) is 8.18. The van der Waals surface area contributed by atoms with Crippen molar-refractivity contribution in [3.05, 3.63) is 17.7 Å². The van der Waals surface area contributed by atoms with Gasteiger partial charge in [0.2, 0.25) is 11.8 Å². The highest BCUT2D eigenvalue weighted by molar-refractivity contribution is 5.96. The summed E-state index contributed by atoms with van der Waals surface area (Å²) in [6, 6.07) is 3.23. The van der Waals surface area contributed by atoms with Crippen molar-refractivity contribution in [2.75, 3.05) is 33.9 Å². The molecule has 0 aromatic carbocycles. The molecule has 24 heavy (non-hydrogen) atoms. The van der Waals surface area contributed by atoms with Crippen molar-refractivity contribution < 1.29 is 24.5 Å². The van der Waals surface area contributed by atoms with E-state index < -0.39 is 11.5 Å². The monoisotopic (exact) mass is 338 g/mol. The number of carbonyl (C=O) groups excluding carboxylic acids is 1. The van der Waals surface area contributed by atoms with E-state index in [4.69, 9.17) is 9.47 Å². The normalized spacial score (nSPS) is 23.9. The first kappa shape index (κ1) is 18.5. The summed E-state index contributed by atoms with van der Waals surface area (Å²) in [5.41, 5.74) is -0.325. The Balaban J connectivity index is 2.26. The van der Waals surface area contributed by atoms with Crippen LogP contribution in [0.3, 0.4) is 0 Å². The highest BCUT2D eigenvalue weighted by Gasteiger charge is 2.43. The maximum atomic E-state index is 12.9. The molecule has 1 aliphatic heterocycles. The number of aliphatic hydroxyl groups is 2. The molecule has 1 aliphatic rings. The molecule has 0 saturated carbocycles. The molecule has 1 aromatic heterocycles. The smallest absolute Gasteiger partial charge is 0.259 e. The number of piperidine rings is 1. The Morgan fingerprint density at radius 1 is 1.42 bits per heavy atom. The van der Waals surface area contributed by atoms with Crippen LogP contribution in [-0.4, -0.2) is 66.0 Å². The summed E-state index contributed by atoms with van der Waals surface area (Å²) in [6.45, 7) is 2.60. The molecular formula is C17H26N2O5. The van der Waals surface area contributed by atoms with E-state index in [0.29, 0.717) is 37.4 Å². The molecule has 0 unspecified atom stereocenters. The lowest BCUT2D eigenvalue weighted by Crippen LogP contribution is -2.55. The van der Waals surface area contributed by atoms with E-state index in [1.807, 2.05) is 6.92 Å². The lowest BCUT2D eigenvalue weighted by atomic mass is 9.74. The fourth-order valence-corrected chi connectivity index (χ4v) is 3.33. The van der Waals surface area contributed by atoms with Crippen molar-refractivity contribution >= 4 is 5.91 Å². The van der Waals surface area contributed by atoms with Gasteiger partial charge in [-0.3, -0.25) is 4.79 Å². The Morgan fingerprint density at radius 3 is 2.75 bits per heavy atom. The summed E-state index contributed by atoms with van der Waals surface area (Å²) >= 11 is 0. The quantitative estimate of drug-likeness (QED) is 0.806. The molecule has 2 N–H and O–H groups in total. The largest absolute Gasteiger partial charge is 0.481 e. The van der Waals surface area contributed by atoms with Gasteiger partial charge in [0, 0.05) is 24.6 Å². The van der Waals surface area contributed by atoms with E-state index in [0.717, 1.165) is 6.42 Å². The number of pyridine rings is 1. The number of hydrogen-bond acceptors (Lipinski definition) is 6. The topological polar surface area (TPSA) is 92.1 Å². The number of hydrogen-bond donors (Lipinski definition) is 2. The zero-order chi connectivity index (χ0) is 17.7. The van der Waals surface area contributed by atoms with Crippen molar-refractivity contribution in [1.29, 1.82) is 0 Å². The molecule has 1 fully saturated rings. The first-order chi connectivity index (χ1) is 11.5. The van der Waals surface area contributed by atoms with Gasteiger partial charge >= 0.3 is 0 Å². The summed E-state index contributed by atoms with van der Waals surface area (Å²) in [6.07, 6.45) is 1.32. The first-order valence-corrected chi connectivity index (χ1v) is 8.18. The zero-order valence-electron chi connectivity index (χ0n) is 14.5. The number of aromatic nitrogens is 1. The second-order valence-electron chi connectivity index (χ2n) is 6.21. The van der Waals surface area contributed by atoms with Gasteiger partial charge < -0.3 is 24.6 Å². The summed E-state index contributed by atoms with van der Waals surface area (Å²) in [5, 5.41) is 20.2. The summed E-state index contributed by atoms with van der Waals surface area (Å²) in [4.78, 5) is 18.7. The highest BCUT2D eigenvalue weighted by Crippen LogP contribution is 2.35. The van der Waals surface area contributed by atoms with Crippen molar-refractivity contribution in [1.82, 2.24) is 9.88 Å². The molecule has 0 aliphatic carbocycles. The average Bonchev–Trinajstić information content (AvgIpc) is 2.62. The summed E-state index contributed by atoms with van der Waals surface area (Å²) in [7, 11) is 2.95. The second kappa shape index (κ2) is 7.81. The molecule has 1 saturated heterocycles. The lowest BCUT2D eigenvalue weighted by Gasteiger charge is -2.45. The van der Waals surface area contributed by atoms with Crippen LogP contribution in [0, 0.1) is 5.41 Å². The standard InChI is InChI=1S/C17H26N2O5/c1-4-8-17(11-20)10-19(9-7-13(17)21)16(22)12-5-6-14(23-2)18-15(12)24-3/h5-6,13,20-21H,4,7-11H2,1-3H3/t13-,17-/m0/s1. The maximum Gasteiger partial charge on any atom is 0.259 e. The highest BCUT2D eigenvalue weighted by atomic mass is 16.5. The molecule has 1 amide bonds. The SMILES string of the molecule is CCC[C@@]1(CO)CN(C(=O)c2ccc(OC)nc2OC)CC[C@@H]1O. The molecule has 7 heteroatoms. The van der Waals surface area contributed by atoms with Gasteiger partial charge in [-0.2, -0.15) is 4.98 Å². The van der Waals surface area contributed by atoms with Crippen molar-refractivity contribution in [2.45, 2.75) is 32.3 Å². The third-order valence-electron chi connectivity index (χ3n) is 4.70. The Hall–Kier alpha value is -1.86. The Morgan fingerprint density at radius 2 is 2.17 bits per heavy atom. The molecule has 0 radical (unpaired) electrons. The molecule has 2 atom stereocenters. The molecule has 0 spiro atoms. The molecule has 2 heterocycles. The van der Waals surface area contributed by atoms with E-state index in [-0.39, 0.29) is 18.4 Å². The third kappa shape index (κ3) is 3.47. The molecule has 2 rings (SSSR count). The number of rotatable bonds is 6. The lowest BCUT2D eigenvalue weighted by molar-refractivity contribution is -0.0720. The van der Waals surface area contributed by atoms with Crippen LogP contribution in [0.1, 0.15) is 36.5 Å². The molecule has 0 bridgehead atoms. The number of amides is 1. The predicted octanol–water partition coefficient (Wildman–Crippen LogP) is 1.08. The van der Waals surface area contributed by atoms with Gasteiger partial charge in [0.25, 0.3) is 5.91 Å². The van der Waals surface area contributed by atoms with Crippen LogP contribution in [0.2, 0.25) is 0 Å². The average molecular weight is 338 g/mol. The second-order valence-corrected chi connectivity index (χ2v) is 6.21. The Bertz CT molecular complexity index is 580. The van der Waals surface area contributed by atoms with E-state index >= 15 is 0 Å². The fraction of sp³-hybridized carbons (Fsp3) is 0.647. The van der Waals surface area contributed by atoms with Crippen LogP contribution in [0.15, 0.2) is 12.1 Å². The van der Waals surface area contributed by atoms with Gasteiger partial charge in [0.05, 0.1) is 26.9 Å². The van der Waals surface area contributed by atoms with Gasteiger partial charge in [-0.1, -0.05) is 13.3 Å². The minimum Gasteiger partial charge on any atom is -0.481 e. The molecule has 134 valence electrons. The number of nitrogens with zero attached hydrogens (tertiary/aromatic N) is 2. The van der Waals surface area contributed by atoms with E-state index in [9.17, 15) is 15.0 Å². The van der Waals surface area contributed by atoms with Crippen molar-refractivity contribution in [2.24, 2.45) is 5.41 Å². The number of aliphatic hydroxyl groups excluding tert-OH is 2. The molecular weight excluding hydrogens is 312 g/mol. The van der Waals surface area contributed by atoms with Crippen LogP contribution in [-0.2, 0) is 0 Å². The van der Waals surface area contributed by atoms with Gasteiger partial charge in [0.1, 0.15) is 5.56 Å². The van der Waals surface area contributed by atoms with Crippen LogP contribution in [0.25, 0.3) is 0 Å². The zero-order valence-corrected chi connectivity index (χ0v) is 14.5. The van der Waals surface area contributed by atoms with Crippen LogP contribution >= 0.6 is 0 Å². The van der Waals surface area contributed by atoms with Crippen molar-refractivity contribution in [3.63, 3.8) is 0 Å². The van der Waals surface area contributed by atoms with Crippen LogP contribution in [0.5, 0.6) is 11.8 Å². The molecule has 7 nitrogen and oxygen atoms in total. The third-order valence-corrected chi connectivity index (χ3v) is 4.70. The van der Waals surface area contributed by atoms with Gasteiger partial charge in [-0.25, -0.2) is 0 Å². The minimum atomic E-state index is -0.671. The van der Waals surface area contributed by atoms with Gasteiger partial charge in [0.15, 0.2) is 0 Å². The summed E-state index contributed by atoms with van der Waals surface area (Å²) in [5.74, 6) is 0.353. The van der Waals surface area contributed by atoms with Crippen molar-refractivity contribution in [3.8, 4) is 11.8 Å².